The average molecular weight is 379 g/mol. The van der Waals surface area contributed by atoms with E-state index in [1.807, 2.05) is 12.1 Å². The number of nitrogens with zero attached hydrogens (tertiary/aromatic N) is 2. The molecule has 7 heteroatoms. The maximum atomic E-state index is 12.5. The number of hydrogen-bond donors (Lipinski definition) is 1. The van der Waals surface area contributed by atoms with Crippen LogP contribution in [0.25, 0.3) is 6.08 Å². The minimum absolute atomic E-state index is 0.220. The van der Waals surface area contributed by atoms with Crippen LogP contribution in [-0.2, 0) is 10.0 Å². The van der Waals surface area contributed by atoms with Crippen molar-refractivity contribution in [1.29, 1.82) is 0 Å². The van der Waals surface area contributed by atoms with Crippen LogP contribution in [-0.4, -0.2) is 44.0 Å². The molecule has 0 amide bonds. The molecule has 2 aromatic carbocycles. The molecule has 0 spiro atoms. The third-order valence-electron chi connectivity index (χ3n) is 4.12. The first-order valence-electron chi connectivity index (χ1n) is 7.92. The summed E-state index contributed by atoms with van der Waals surface area (Å²) in [6.45, 7) is 2.07. The van der Waals surface area contributed by atoms with Crippen LogP contribution < -0.4 is 4.90 Å². The summed E-state index contributed by atoms with van der Waals surface area (Å²) < 4.78 is 26.4. The van der Waals surface area contributed by atoms with Crippen LogP contribution in [0.5, 0.6) is 5.75 Å². The Morgan fingerprint density at radius 2 is 1.52 bits per heavy atom. The van der Waals surface area contributed by atoms with Gasteiger partial charge < -0.3 is 10.0 Å². The lowest BCUT2D eigenvalue weighted by Gasteiger charge is -2.34. The van der Waals surface area contributed by atoms with Crippen LogP contribution in [0.3, 0.4) is 0 Å². The van der Waals surface area contributed by atoms with Crippen molar-refractivity contribution >= 4 is 33.4 Å². The highest BCUT2D eigenvalue weighted by Gasteiger charge is 2.25. The highest BCUT2D eigenvalue weighted by Crippen LogP contribution is 2.21. The summed E-state index contributed by atoms with van der Waals surface area (Å²) >= 11 is 5.83. The molecule has 25 heavy (non-hydrogen) atoms. The van der Waals surface area contributed by atoms with Crippen molar-refractivity contribution in [1.82, 2.24) is 4.31 Å². The quantitative estimate of drug-likeness (QED) is 0.887. The lowest BCUT2D eigenvalue weighted by atomic mass is 10.2. The normalized spacial score (nSPS) is 16.4. The number of sulfonamides is 1. The van der Waals surface area contributed by atoms with E-state index in [9.17, 15) is 13.5 Å². The van der Waals surface area contributed by atoms with Crippen LogP contribution in [0, 0.1) is 0 Å². The van der Waals surface area contributed by atoms with E-state index >= 15 is 0 Å². The Morgan fingerprint density at radius 1 is 0.920 bits per heavy atom. The standard InChI is InChI=1S/C18H19ClN2O3S/c19-16-3-1-15(2-4-16)9-14-25(23,24)21-12-10-20(11-13-21)17-5-7-18(22)8-6-17/h1-9,14,22H,10-13H2/b14-9+. The molecule has 1 heterocycles. The number of benzene rings is 2. The molecule has 0 radical (unpaired) electrons. The predicted molar refractivity (Wildman–Crippen MR) is 101 cm³/mol. The molecule has 2 aromatic rings. The molecule has 1 saturated heterocycles. The fourth-order valence-electron chi connectivity index (χ4n) is 2.69. The van der Waals surface area contributed by atoms with Crippen molar-refractivity contribution in [3.8, 4) is 5.75 Å². The SMILES string of the molecule is O=S(=O)(/C=C/c1ccc(Cl)cc1)N1CCN(c2ccc(O)cc2)CC1. The van der Waals surface area contributed by atoms with Gasteiger partial charge in [-0.3, -0.25) is 0 Å². The van der Waals surface area contributed by atoms with Gasteiger partial charge in [-0.05, 0) is 48.0 Å². The minimum atomic E-state index is -3.45. The van der Waals surface area contributed by atoms with E-state index in [1.54, 1.807) is 42.5 Å². The van der Waals surface area contributed by atoms with Crippen LogP contribution in [0.4, 0.5) is 5.69 Å². The summed E-state index contributed by atoms with van der Waals surface area (Å²) in [5.41, 5.74) is 1.77. The van der Waals surface area contributed by atoms with Crippen molar-refractivity contribution < 1.29 is 13.5 Å². The summed E-state index contributed by atoms with van der Waals surface area (Å²) in [4.78, 5) is 2.11. The molecule has 0 bridgehead atoms. The zero-order valence-corrected chi connectivity index (χ0v) is 15.1. The monoisotopic (exact) mass is 378 g/mol. The highest BCUT2D eigenvalue weighted by atomic mass is 35.5. The molecule has 1 aliphatic heterocycles. The van der Waals surface area contributed by atoms with Gasteiger partial charge in [0.15, 0.2) is 0 Å². The molecule has 0 unspecified atom stereocenters. The number of rotatable bonds is 4. The largest absolute Gasteiger partial charge is 0.508 e. The van der Waals surface area contributed by atoms with E-state index in [0.29, 0.717) is 31.2 Å². The van der Waals surface area contributed by atoms with Crippen molar-refractivity contribution in [2.24, 2.45) is 0 Å². The van der Waals surface area contributed by atoms with Gasteiger partial charge in [-0.15, -0.1) is 0 Å². The second-order valence-corrected chi connectivity index (χ2v) is 8.06. The Hall–Kier alpha value is -2.02. The molecule has 0 saturated carbocycles. The maximum absolute atomic E-state index is 12.5. The second kappa shape index (κ2) is 7.47. The molecule has 132 valence electrons. The first-order valence-corrected chi connectivity index (χ1v) is 9.80. The number of anilines is 1. The third kappa shape index (κ3) is 4.54. The van der Waals surface area contributed by atoms with Crippen molar-refractivity contribution in [3.05, 3.63) is 64.5 Å². The summed E-state index contributed by atoms with van der Waals surface area (Å²) in [5.74, 6) is 0.220. The highest BCUT2D eigenvalue weighted by molar-refractivity contribution is 7.92. The molecule has 1 N–H and O–H groups in total. The first-order chi connectivity index (χ1) is 11.9. The van der Waals surface area contributed by atoms with Gasteiger partial charge in [0.1, 0.15) is 5.75 Å². The van der Waals surface area contributed by atoms with Gasteiger partial charge in [0.2, 0.25) is 10.0 Å². The van der Waals surface area contributed by atoms with Crippen molar-refractivity contribution in [2.75, 3.05) is 31.1 Å². The average Bonchev–Trinajstić information content (AvgIpc) is 2.62. The number of phenols is 1. The Kier molecular flexibility index (Phi) is 5.32. The van der Waals surface area contributed by atoms with E-state index in [1.165, 1.54) is 9.71 Å². The first kappa shape index (κ1) is 17.8. The summed E-state index contributed by atoms with van der Waals surface area (Å²) in [6.07, 6.45) is 1.58. The van der Waals surface area contributed by atoms with Crippen LogP contribution in [0.15, 0.2) is 53.9 Å². The molecule has 1 fully saturated rings. The molecular weight excluding hydrogens is 360 g/mol. The molecule has 0 aromatic heterocycles. The minimum Gasteiger partial charge on any atom is -0.508 e. The number of phenolic OH excluding ortho intramolecular Hbond substituents is 1. The number of halogens is 1. The molecular formula is C18H19ClN2O3S. The smallest absolute Gasteiger partial charge is 0.236 e. The van der Waals surface area contributed by atoms with Crippen LogP contribution in [0.1, 0.15) is 5.56 Å². The fraction of sp³-hybridized carbons (Fsp3) is 0.222. The zero-order chi connectivity index (χ0) is 17.9. The topological polar surface area (TPSA) is 60.9 Å². The molecule has 1 aliphatic rings. The van der Waals surface area contributed by atoms with Gasteiger partial charge >= 0.3 is 0 Å². The summed E-state index contributed by atoms with van der Waals surface area (Å²) in [7, 11) is -3.45. The lowest BCUT2D eigenvalue weighted by molar-refractivity contribution is 0.390. The van der Waals surface area contributed by atoms with E-state index < -0.39 is 10.0 Å². The van der Waals surface area contributed by atoms with Gasteiger partial charge in [-0.2, -0.15) is 4.31 Å². The fourth-order valence-corrected chi connectivity index (χ4v) is 3.99. The molecule has 0 atom stereocenters. The molecule has 0 aliphatic carbocycles. The van der Waals surface area contributed by atoms with E-state index in [0.717, 1.165) is 11.3 Å². The van der Waals surface area contributed by atoms with E-state index in [-0.39, 0.29) is 5.75 Å². The van der Waals surface area contributed by atoms with Crippen molar-refractivity contribution in [2.45, 2.75) is 0 Å². The summed E-state index contributed by atoms with van der Waals surface area (Å²) in [6, 6.07) is 13.9. The van der Waals surface area contributed by atoms with Gasteiger partial charge in [0.25, 0.3) is 0 Å². The Labute approximate surface area is 152 Å². The van der Waals surface area contributed by atoms with Gasteiger partial charge in [0, 0.05) is 42.3 Å². The third-order valence-corrected chi connectivity index (χ3v) is 5.93. The van der Waals surface area contributed by atoms with E-state index in [4.69, 9.17) is 11.6 Å². The van der Waals surface area contributed by atoms with Crippen molar-refractivity contribution in [3.63, 3.8) is 0 Å². The maximum Gasteiger partial charge on any atom is 0.236 e. The second-order valence-electron chi connectivity index (χ2n) is 5.80. The number of hydrogen-bond acceptors (Lipinski definition) is 4. The Bertz CT molecular complexity index is 841. The molecule has 3 rings (SSSR count). The van der Waals surface area contributed by atoms with Gasteiger partial charge in [0.05, 0.1) is 0 Å². The summed E-state index contributed by atoms with van der Waals surface area (Å²) in [5, 5.41) is 11.2. The molecule has 5 nitrogen and oxygen atoms in total. The number of piperazine rings is 1. The van der Waals surface area contributed by atoms with Crippen LogP contribution >= 0.6 is 11.6 Å². The zero-order valence-electron chi connectivity index (χ0n) is 13.5. The number of aromatic hydroxyl groups is 1. The Morgan fingerprint density at radius 3 is 2.12 bits per heavy atom. The Balaban J connectivity index is 1.63. The van der Waals surface area contributed by atoms with E-state index in [2.05, 4.69) is 4.90 Å². The van der Waals surface area contributed by atoms with Crippen LogP contribution in [0.2, 0.25) is 5.02 Å². The predicted octanol–water partition coefficient (Wildman–Crippen LogP) is 3.17. The van der Waals surface area contributed by atoms with Gasteiger partial charge in [-0.25, -0.2) is 8.42 Å². The lowest BCUT2D eigenvalue weighted by Crippen LogP contribution is -2.48. The van der Waals surface area contributed by atoms with Gasteiger partial charge in [-0.1, -0.05) is 23.7 Å².